The van der Waals surface area contributed by atoms with Gasteiger partial charge in [0.05, 0.1) is 0 Å². The third-order valence-electron chi connectivity index (χ3n) is 5.38. The Kier molecular flexibility index (Phi) is 4.63. The van der Waals surface area contributed by atoms with Crippen LogP contribution in [0, 0.1) is 0 Å². The lowest BCUT2D eigenvalue weighted by Gasteiger charge is -2.48. The summed E-state index contributed by atoms with van der Waals surface area (Å²) in [6.45, 7) is 8.15. The molecule has 0 saturated carbocycles. The van der Waals surface area contributed by atoms with Crippen LogP contribution in [-0.4, -0.2) is 54.6 Å². The minimum Gasteiger partial charge on any atom is -0.311 e. The molecule has 0 bridgehead atoms. The third-order valence-corrected chi connectivity index (χ3v) is 5.38. The van der Waals surface area contributed by atoms with E-state index < -0.39 is 0 Å². The molecular weight excluding hydrogens is 258 g/mol. The largest absolute Gasteiger partial charge is 0.311 e. The van der Waals surface area contributed by atoms with Gasteiger partial charge in [-0.2, -0.15) is 0 Å². The quantitative estimate of drug-likeness (QED) is 0.901. The molecule has 0 aliphatic carbocycles. The minimum atomic E-state index is 0.531. The number of nitrogens with one attached hydrogen (secondary N) is 1. The zero-order chi connectivity index (χ0) is 14.8. The van der Waals surface area contributed by atoms with E-state index in [2.05, 4.69) is 66.3 Å². The van der Waals surface area contributed by atoms with Crippen LogP contribution < -0.4 is 5.32 Å². The van der Waals surface area contributed by atoms with Gasteiger partial charge in [-0.1, -0.05) is 30.3 Å². The van der Waals surface area contributed by atoms with Gasteiger partial charge in [-0.05, 0) is 45.8 Å². The van der Waals surface area contributed by atoms with Crippen LogP contribution in [-0.2, 0) is 0 Å². The van der Waals surface area contributed by atoms with E-state index in [1.165, 1.54) is 31.5 Å². The highest BCUT2D eigenvalue weighted by Gasteiger charge is 2.35. The summed E-state index contributed by atoms with van der Waals surface area (Å²) in [7, 11) is 2.26. The average Bonchev–Trinajstić information content (AvgIpc) is 2.51. The minimum absolute atomic E-state index is 0.531. The Bertz CT molecular complexity index is 447. The lowest BCUT2D eigenvalue weighted by Crippen LogP contribution is -2.57. The van der Waals surface area contributed by atoms with Crippen molar-refractivity contribution in [3.8, 4) is 0 Å². The Balaban J connectivity index is 1.79. The van der Waals surface area contributed by atoms with Crippen LogP contribution in [0.4, 0.5) is 0 Å². The molecule has 1 aromatic rings. The maximum atomic E-state index is 3.67. The van der Waals surface area contributed by atoms with Gasteiger partial charge in [0.2, 0.25) is 0 Å². The molecule has 2 aliphatic heterocycles. The molecule has 0 radical (unpaired) electrons. The van der Waals surface area contributed by atoms with Crippen molar-refractivity contribution in [2.24, 2.45) is 0 Å². The van der Waals surface area contributed by atoms with E-state index in [9.17, 15) is 0 Å². The predicted octanol–water partition coefficient (Wildman–Crippen LogP) is 2.50. The molecule has 1 N–H and O–H groups in total. The topological polar surface area (TPSA) is 18.5 Å². The van der Waals surface area contributed by atoms with Crippen molar-refractivity contribution in [1.29, 1.82) is 0 Å². The normalized spacial score (nSPS) is 35.8. The number of piperidine rings is 1. The second-order valence-corrected chi connectivity index (χ2v) is 6.94. The van der Waals surface area contributed by atoms with Gasteiger partial charge in [0, 0.05) is 37.3 Å². The molecule has 3 nitrogen and oxygen atoms in total. The highest BCUT2D eigenvalue weighted by Crippen LogP contribution is 2.31. The van der Waals surface area contributed by atoms with Gasteiger partial charge >= 0.3 is 0 Å². The van der Waals surface area contributed by atoms with Gasteiger partial charge in [0.15, 0.2) is 0 Å². The summed E-state index contributed by atoms with van der Waals surface area (Å²) < 4.78 is 0. The summed E-state index contributed by atoms with van der Waals surface area (Å²) in [5.41, 5.74) is 1.46. The SMILES string of the molecule is CC1CN(C2CCN(C)C(C)C2)C(c2ccccc2)CN1. The van der Waals surface area contributed by atoms with Crippen molar-refractivity contribution in [3.63, 3.8) is 0 Å². The summed E-state index contributed by atoms with van der Waals surface area (Å²) in [5.74, 6) is 0. The van der Waals surface area contributed by atoms with E-state index in [4.69, 9.17) is 0 Å². The molecule has 116 valence electrons. The molecule has 2 aliphatic rings. The molecule has 2 fully saturated rings. The molecule has 0 amide bonds. The first-order chi connectivity index (χ1) is 10.1. The molecule has 3 rings (SSSR count). The second-order valence-electron chi connectivity index (χ2n) is 6.94. The van der Waals surface area contributed by atoms with E-state index >= 15 is 0 Å². The van der Waals surface area contributed by atoms with Crippen LogP contribution in [0.25, 0.3) is 0 Å². The number of rotatable bonds is 2. The average molecular weight is 287 g/mol. The second kappa shape index (κ2) is 6.47. The number of benzene rings is 1. The Labute approximate surface area is 129 Å². The van der Waals surface area contributed by atoms with Crippen LogP contribution in [0.1, 0.15) is 38.3 Å². The maximum absolute atomic E-state index is 3.67. The first kappa shape index (κ1) is 15.0. The number of likely N-dealkylation sites (tertiary alicyclic amines) is 1. The highest BCUT2D eigenvalue weighted by molar-refractivity contribution is 5.20. The summed E-state index contributed by atoms with van der Waals surface area (Å²) >= 11 is 0. The lowest BCUT2D eigenvalue weighted by atomic mass is 9.92. The standard InChI is InChI=1S/C18H29N3/c1-14-13-21(17-9-10-20(3)15(2)11-17)18(12-19-14)16-7-5-4-6-8-16/h4-8,14-15,17-19H,9-13H2,1-3H3. The van der Waals surface area contributed by atoms with E-state index in [0.29, 0.717) is 18.1 Å². The van der Waals surface area contributed by atoms with E-state index in [0.717, 1.165) is 12.6 Å². The number of nitrogens with zero attached hydrogens (tertiary/aromatic N) is 2. The molecular formula is C18H29N3. The van der Waals surface area contributed by atoms with Gasteiger partial charge in [-0.3, -0.25) is 4.90 Å². The molecule has 4 unspecified atom stereocenters. The van der Waals surface area contributed by atoms with E-state index in [-0.39, 0.29) is 0 Å². The highest BCUT2D eigenvalue weighted by atomic mass is 15.3. The molecule has 1 aromatic carbocycles. The van der Waals surface area contributed by atoms with Crippen LogP contribution in [0.15, 0.2) is 30.3 Å². The van der Waals surface area contributed by atoms with Crippen molar-refractivity contribution in [2.45, 2.75) is 50.9 Å². The van der Waals surface area contributed by atoms with Crippen LogP contribution >= 0.6 is 0 Å². The number of hydrogen-bond acceptors (Lipinski definition) is 3. The monoisotopic (exact) mass is 287 g/mol. The fraction of sp³-hybridized carbons (Fsp3) is 0.667. The van der Waals surface area contributed by atoms with Crippen molar-refractivity contribution in [1.82, 2.24) is 15.1 Å². The van der Waals surface area contributed by atoms with E-state index in [1.54, 1.807) is 0 Å². The third kappa shape index (κ3) is 3.31. The maximum Gasteiger partial charge on any atom is 0.0476 e. The molecule has 0 aromatic heterocycles. The summed E-state index contributed by atoms with van der Waals surface area (Å²) in [4.78, 5) is 5.28. The first-order valence-electron chi connectivity index (χ1n) is 8.39. The molecule has 0 spiro atoms. The lowest BCUT2D eigenvalue weighted by molar-refractivity contribution is 0.0322. The van der Waals surface area contributed by atoms with Crippen LogP contribution in [0.3, 0.4) is 0 Å². The van der Waals surface area contributed by atoms with Gasteiger partial charge in [0.25, 0.3) is 0 Å². The number of hydrogen-bond donors (Lipinski definition) is 1. The fourth-order valence-corrected chi connectivity index (χ4v) is 3.89. The Morgan fingerprint density at radius 1 is 1.14 bits per heavy atom. The molecule has 4 atom stereocenters. The molecule has 3 heteroatoms. The molecule has 2 heterocycles. The zero-order valence-electron chi connectivity index (χ0n) is 13.6. The van der Waals surface area contributed by atoms with Gasteiger partial charge in [-0.25, -0.2) is 0 Å². The molecule has 2 saturated heterocycles. The summed E-state index contributed by atoms with van der Waals surface area (Å²) in [6.07, 6.45) is 2.60. The van der Waals surface area contributed by atoms with Crippen molar-refractivity contribution in [3.05, 3.63) is 35.9 Å². The summed E-state index contributed by atoms with van der Waals surface area (Å²) in [6, 6.07) is 13.6. The predicted molar refractivity (Wildman–Crippen MR) is 88.5 cm³/mol. The Morgan fingerprint density at radius 2 is 1.90 bits per heavy atom. The first-order valence-corrected chi connectivity index (χ1v) is 8.39. The molecule has 21 heavy (non-hydrogen) atoms. The fourth-order valence-electron chi connectivity index (χ4n) is 3.89. The van der Waals surface area contributed by atoms with Crippen LogP contribution in [0.2, 0.25) is 0 Å². The van der Waals surface area contributed by atoms with Gasteiger partial charge in [0.1, 0.15) is 0 Å². The van der Waals surface area contributed by atoms with Crippen molar-refractivity contribution < 1.29 is 0 Å². The van der Waals surface area contributed by atoms with Crippen LogP contribution in [0.5, 0.6) is 0 Å². The smallest absolute Gasteiger partial charge is 0.0476 e. The Hall–Kier alpha value is -0.900. The van der Waals surface area contributed by atoms with Gasteiger partial charge < -0.3 is 10.2 Å². The summed E-state index contributed by atoms with van der Waals surface area (Å²) in [5, 5.41) is 3.67. The Morgan fingerprint density at radius 3 is 2.62 bits per heavy atom. The van der Waals surface area contributed by atoms with E-state index in [1.807, 2.05) is 0 Å². The van der Waals surface area contributed by atoms with Crippen molar-refractivity contribution in [2.75, 3.05) is 26.7 Å². The van der Waals surface area contributed by atoms with Gasteiger partial charge in [-0.15, -0.1) is 0 Å². The van der Waals surface area contributed by atoms with Crippen molar-refractivity contribution >= 4 is 0 Å². The number of piperazine rings is 1. The zero-order valence-corrected chi connectivity index (χ0v) is 13.6.